The molecular weight excluding hydrogens is 287 g/mol. The fourth-order valence-electron chi connectivity index (χ4n) is 1.81. The fourth-order valence-corrected chi connectivity index (χ4v) is 1.98. The average molecular weight is 295 g/mol. The van der Waals surface area contributed by atoms with E-state index in [0.29, 0.717) is 0 Å². The van der Waals surface area contributed by atoms with Crippen molar-refractivity contribution in [2.45, 2.75) is 0 Å². The maximum absolute atomic E-state index is 13.5. The van der Waals surface area contributed by atoms with Crippen molar-refractivity contribution in [3.05, 3.63) is 58.4 Å². The molecule has 20 heavy (non-hydrogen) atoms. The van der Waals surface area contributed by atoms with Crippen LogP contribution in [0.4, 0.5) is 4.39 Å². The van der Waals surface area contributed by atoms with Crippen LogP contribution >= 0.6 is 11.6 Å². The highest BCUT2D eigenvalue weighted by molar-refractivity contribution is 6.31. The summed E-state index contributed by atoms with van der Waals surface area (Å²) in [5, 5.41) is 18.3. The van der Waals surface area contributed by atoms with Crippen LogP contribution in [0.2, 0.25) is 5.02 Å². The zero-order chi connectivity index (χ0) is 14.9. The van der Waals surface area contributed by atoms with E-state index in [0.717, 1.165) is 12.1 Å². The van der Waals surface area contributed by atoms with Gasteiger partial charge in [-0.05, 0) is 47.5 Å². The van der Waals surface area contributed by atoms with Crippen LogP contribution in [0.1, 0.15) is 20.7 Å². The van der Waals surface area contributed by atoms with Crippen LogP contribution in [0, 0.1) is 5.82 Å². The quantitative estimate of drug-likeness (QED) is 0.908. The molecule has 0 spiro atoms. The number of rotatable bonds is 3. The van der Waals surface area contributed by atoms with Crippen LogP contribution in [-0.4, -0.2) is 22.2 Å². The minimum absolute atomic E-state index is 0.0867. The third-order valence-electron chi connectivity index (χ3n) is 2.67. The summed E-state index contributed by atoms with van der Waals surface area (Å²) < 4.78 is 13.5. The molecule has 0 aliphatic heterocycles. The van der Waals surface area contributed by atoms with Crippen LogP contribution < -0.4 is 0 Å². The van der Waals surface area contributed by atoms with E-state index in [9.17, 15) is 14.0 Å². The first-order valence-corrected chi connectivity index (χ1v) is 5.83. The smallest absolute Gasteiger partial charge is 0.336 e. The molecule has 0 aliphatic rings. The van der Waals surface area contributed by atoms with Gasteiger partial charge in [-0.15, -0.1) is 0 Å². The van der Waals surface area contributed by atoms with Crippen molar-refractivity contribution in [1.82, 2.24) is 0 Å². The molecule has 102 valence electrons. The molecule has 0 atom stereocenters. The van der Waals surface area contributed by atoms with E-state index in [1.54, 1.807) is 0 Å². The summed E-state index contributed by atoms with van der Waals surface area (Å²) >= 11 is 5.81. The maximum atomic E-state index is 13.5. The van der Waals surface area contributed by atoms with Gasteiger partial charge in [-0.3, -0.25) is 0 Å². The zero-order valence-electron chi connectivity index (χ0n) is 9.93. The molecule has 0 saturated carbocycles. The molecule has 0 amide bonds. The van der Waals surface area contributed by atoms with Gasteiger partial charge in [0.1, 0.15) is 5.82 Å². The Balaban J connectivity index is 2.70. The molecule has 2 aromatic rings. The van der Waals surface area contributed by atoms with Crippen molar-refractivity contribution in [3.8, 4) is 11.1 Å². The van der Waals surface area contributed by atoms with E-state index in [2.05, 4.69) is 0 Å². The lowest BCUT2D eigenvalue weighted by atomic mass is 9.98. The molecule has 0 saturated heterocycles. The number of hydrogen-bond acceptors (Lipinski definition) is 2. The van der Waals surface area contributed by atoms with Gasteiger partial charge in [0.05, 0.1) is 11.1 Å². The van der Waals surface area contributed by atoms with Gasteiger partial charge in [-0.2, -0.15) is 0 Å². The lowest BCUT2D eigenvalue weighted by Crippen LogP contribution is -2.02. The number of hydrogen-bond donors (Lipinski definition) is 2. The van der Waals surface area contributed by atoms with Crippen molar-refractivity contribution in [3.63, 3.8) is 0 Å². The van der Waals surface area contributed by atoms with Crippen molar-refractivity contribution < 1.29 is 24.2 Å². The van der Waals surface area contributed by atoms with Crippen molar-refractivity contribution in [2.75, 3.05) is 0 Å². The van der Waals surface area contributed by atoms with Crippen LogP contribution in [-0.2, 0) is 0 Å². The largest absolute Gasteiger partial charge is 0.478 e. The van der Waals surface area contributed by atoms with Gasteiger partial charge in [0.25, 0.3) is 0 Å². The Morgan fingerprint density at radius 3 is 2.30 bits per heavy atom. The van der Waals surface area contributed by atoms with Gasteiger partial charge in [-0.25, -0.2) is 14.0 Å². The average Bonchev–Trinajstić information content (AvgIpc) is 2.37. The summed E-state index contributed by atoms with van der Waals surface area (Å²) in [6.45, 7) is 0. The highest BCUT2D eigenvalue weighted by Crippen LogP contribution is 2.28. The van der Waals surface area contributed by atoms with E-state index in [4.69, 9.17) is 21.8 Å². The number of aromatic carboxylic acids is 2. The maximum Gasteiger partial charge on any atom is 0.336 e. The Labute approximate surface area is 118 Å². The Hall–Kier alpha value is -2.40. The highest BCUT2D eigenvalue weighted by Gasteiger charge is 2.15. The summed E-state index contributed by atoms with van der Waals surface area (Å²) in [4.78, 5) is 22.1. The van der Waals surface area contributed by atoms with Crippen LogP contribution in [0.15, 0.2) is 36.4 Å². The fraction of sp³-hybridized carbons (Fsp3) is 0. The molecular formula is C14H8ClFO4. The Bertz CT molecular complexity index is 712. The van der Waals surface area contributed by atoms with Crippen molar-refractivity contribution >= 4 is 23.5 Å². The Morgan fingerprint density at radius 2 is 1.70 bits per heavy atom. The second-order valence-corrected chi connectivity index (χ2v) is 4.47. The van der Waals surface area contributed by atoms with E-state index >= 15 is 0 Å². The lowest BCUT2D eigenvalue weighted by molar-refractivity contribution is 0.0687. The van der Waals surface area contributed by atoms with Crippen LogP contribution in [0.3, 0.4) is 0 Å². The Morgan fingerprint density at radius 1 is 1.00 bits per heavy atom. The number of halogens is 2. The molecule has 6 heteroatoms. The minimum Gasteiger partial charge on any atom is -0.478 e. The normalized spacial score (nSPS) is 10.3. The van der Waals surface area contributed by atoms with Gasteiger partial charge in [0, 0.05) is 5.02 Å². The molecule has 0 unspecified atom stereocenters. The number of carbonyl (C=O) groups is 2. The lowest BCUT2D eigenvalue weighted by Gasteiger charge is -2.08. The first-order valence-electron chi connectivity index (χ1n) is 5.45. The highest BCUT2D eigenvalue weighted by atomic mass is 35.5. The summed E-state index contributed by atoms with van der Waals surface area (Å²) in [5.74, 6) is -3.28. The molecule has 0 aromatic heterocycles. The molecule has 0 bridgehead atoms. The SMILES string of the molecule is O=C(O)c1cc(F)cc(-c2cc(Cl)ccc2C(=O)O)c1. The molecule has 2 rings (SSSR count). The first-order chi connectivity index (χ1) is 9.38. The van der Waals surface area contributed by atoms with Gasteiger partial charge in [0.15, 0.2) is 0 Å². The number of benzene rings is 2. The minimum atomic E-state index is -1.30. The predicted molar refractivity (Wildman–Crippen MR) is 70.8 cm³/mol. The third kappa shape index (κ3) is 2.78. The topological polar surface area (TPSA) is 74.6 Å². The van der Waals surface area contributed by atoms with Gasteiger partial charge in [-0.1, -0.05) is 11.6 Å². The second-order valence-electron chi connectivity index (χ2n) is 4.03. The molecule has 0 radical (unpaired) electrons. The summed E-state index contributed by atoms with van der Waals surface area (Å²) in [5.41, 5.74) is -0.0537. The summed E-state index contributed by atoms with van der Waals surface area (Å²) in [6, 6.07) is 7.15. The van der Waals surface area contributed by atoms with Crippen molar-refractivity contribution in [2.24, 2.45) is 0 Å². The molecule has 2 aromatic carbocycles. The molecule has 4 nitrogen and oxygen atoms in total. The zero-order valence-corrected chi connectivity index (χ0v) is 10.7. The third-order valence-corrected chi connectivity index (χ3v) is 2.90. The first kappa shape index (κ1) is 14.0. The van der Waals surface area contributed by atoms with Crippen LogP contribution in [0.5, 0.6) is 0 Å². The molecule has 2 N–H and O–H groups in total. The molecule has 0 aliphatic carbocycles. The monoisotopic (exact) mass is 294 g/mol. The molecule has 0 fully saturated rings. The standard InChI is InChI=1S/C14H8ClFO4/c15-9-1-2-11(14(19)20)12(6-9)7-3-8(13(17)18)5-10(16)4-7/h1-6H,(H,17,18)(H,19,20). The van der Waals surface area contributed by atoms with E-state index in [1.807, 2.05) is 0 Å². The van der Waals surface area contributed by atoms with Gasteiger partial charge < -0.3 is 10.2 Å². The predicted octanol–water partition coefficient (Wildman–Crippen LogP) is 3.54. The van der Waals surface area contributed by atoms with Crippen LogP contribution in [0.25, 0.3) is 11.1 Å². The number of carboxylic acid groups (broad SMARTS) is 2. The molecule has 0 heterocycles. The van der Waals surface area contributed by atoms with Gasteiger partial charge in [0.2, 0.25) is 0 Å². The second kappa shape index (κ2) is 5.30. The number of carboxylic acids is 2. The van der Waals surface area contributed by atoms with E-state index in [-0.39, 0.29) is 27.3 Å². The van der Waals surface area contributed by atoms with Crippen molar-refractivity contribution in [1.29, 1.82) is 0 Å². The van der Waals surface area contributed by atoms with E-state index in [1.165, 1.54) is 24.3 Å². The summed E-state index contributed by atoms with van der Waals surface area (Å²) in [6.07, 6.45) is 0. The Kier molecular flexibility index (Phi) is 3.72. The summed E-state index contributed by atoms with van der Waals surface area (Å²) in [7, 11) is 0. The van der Waals surface area contributed by atoms with E-state index < -0.39 is 17.8 Å². The van der Waals surface area contributed by atoms with Gasteiger partial charge >= 0.3 is 11.9 Å².